The van der Waals surface area contributed by atoms with E-state index in [1.165, 1.54) is 6.20 Å². The molecule has 108 valence electrons. The molecule has 1 fully saturated rings. The van der Waals surface area contributed by atoms with Gasteiger partial charge in [-0.2, -0.15) is 0 Å². The van der Waals surface area contributed by atoms with Crippen LogP contribution in [0.25, 0.3) is 11.0 Å². The van der Waals surface area contributed by atoms with Crippen LogP contribution in [-0.4, -0.2) is 34.0 Å². The van der Waals surface area contributed by atoms with Gasteiger partial charge >= 0.3 is 5.97 Å². The molecule has 1 N–H and O–H groups in total. The third kappa shape index (κ3) is 3.16. The van der Waals surface area contributed by atoms with Crippen LogP contribution in [0.15, 0.2) is 30.5 Å². The van der Waals surface area contributed by atoms with Crippen molar-refractivity contribution in [3.8, 4) is 0 Å². The molecular weight excluding hydrogens is 270 g/mol. The summed E-state index contributed by atoms with van der Waals surface area (Å²) in [7, 11) is 0. The third-order valence-electron chi connectivity index (χ3n) is 3.23. The van der Waals surface area contributed by atoms with E-state index in [-0.39, 0.29) is 17.6 Å². The molecule has 1 amide bonds. The van der Waals surface area contributed by atoms with Crippen molar-refractivity contribution in [1.29, 1.82) is 0 Å². The Bertz CT molecular complexity index is 697. The number of hydrogen-bond acceptors (Lipinski definition) is 5. The number of nitrogens with zero attached hydrogens (tertiary/aromatic N) is 2. The first-order chi connectivity index (χ1) is 10.1. The number of hydrogen-bond donors (Lipinski definition) is 1. The highest BCUT2D eigenvalue weighted by atomic mass is 16.5. The minimum absolute atomic E-state index is 0.0970. The van der Waals surface area contributed by atoms with Gasteiger partial charge in [0.05, 0.1) is 17.2 Å². The number of benzene rings is 1. The van der Waals surface area contributed by atoms with Crippen LogP contribution in [0.4, 0.5) is 0 Å². The van der Waals surface area contributed by atoms with Crippen LogP contribution in [0.5, 0.6) is 0 Å². The normalized spacial score (nSPS) is 15.5. The van der Waals surface area contributed by atoms with E-state index in [1.54, 1.807) is 13.0 Å². The predicted octanol–water partition coefficient (Wildman–Crippen LogP) is 1.45. The highest BCUT2D eigenvalue weighted by Crippen LogP contribution is 2.19. The zero-order chi connectivity index (χ0) is 14.8. The van der Waals surface area contributed by atoms with Gasteiger partial charge in [-0.05, 0) is 31.9 Å². The molecule has 0 radical (unpaired) electrons. The lowest BCUT2D eigenvalue weighted by Crippen LogP contribution is -2.37. The quantitative estimate of drug-likeness (QED) is 0.860. The maximum Gasteiger partial charge on any atom is 0.359 e. The number of esters is 1. The Balaban J connectivity index is 1.69. The van der Waals surface area contributed by atoms with Gasteiger partial charge in [0.1, 0.15) is 0 Å². The lowest BCUT2D eigenvalue weighted by molar-refractivity contribution is -0.129. The van der Waals surface area contributed by atoms with Gasteiger partial charge in [-0.25, -0.2) is 9.78 Å². The Labute approximate surface area is 121 Å². The van der Waals surface area contributed by atoms with Crippen LogP contribution >= 0.6 is 0 Å². The molecule has 3 rings (SSSR count). The van der Waals surface area contributed by atoms with E-state index < -0.39 is 12.1 Å². The Morgan fingerprint density at radius 3 is 2.71 bits per heavy atom. The number of carbonyl (C=O) groups is 2. The van der Waals surface area contributed by atoms with Crippen molar-refractivity contribution in [1.82, 2.24) is 15.3 Å². The summed E-state index contributed by atoms with van der Waals surface area (Å²) in [6.45, 7) is 1.55. The summed E-state index contributed by atoms with van der Waals surface area (Å²) in [4.78, 5) is 32.1. The van der Waals surface area contributed by atoms with Gasteiger partial charge in [-0.15, -0.1) is 0 Å². The zero-order valence-electron chi connectivity index (χ0n) is 11.6. The van der Waals surface area contributed by atoms with Crippen molar-refractivity contribution in [3.63, 3.8) is 0 Å². The molecule has 2 aromatic rings. The molecule has 1 heterocycles. The van der Waals surface area contributed by atoms with Gasteiger partial charge in [0.25, 0.3) is 5.91 Å². The molecule has 6 heteroatoms. The van der Waals surface area contributed by atoms with Crippen molar-refractivity contribution in [2.75, 3.05) is 0 Å². The summed E-state index contributed by atoms with van der Waals surface area (Å²) in [5.41, 5.74) is 1.41. The summed E-state index contributed by atoms with van der Waals surface area (Å²) >= 11 is 0. The Hall–Kier alpha value is -2.50. The number of aromatic nitrogens is 2. The highest BCUT2D eigenvalue weighted by molar-refractivity contribution is 5.92. The van der Waals surface area contributed by atoms with Crippen LogP contribution in [-0.2, 0) is 9.53 Å². The molecule has 1 aromatic carbocycles. The van der Waals surface area contributed by atoms with Crippen molar-refractivity contribution in [2.24, 2.45) is 0 Å². The average molecular weight is 285 g/mol. The first-order valence-electron chi connectivity index (χ1n) is 6.86. The summed E-state index contributed by atoms with van der Waals surface area (Å²) in [6.07, 6.45) is 2.49. The van der Waals surface area contributed by atoms with E-state index in [0.717, 1.165) is 12.8 Å². The van der Waals surface area contributed by atoms with Gasteiger partial charge in [-0.1, -0.05) is 12.1 Å². The van der Waals surface area contributed by atoms with Crippen LogP contribution in [0.1, 0.15) is 30.3 Å². The molecule has 1 aliphatic rings. The summed E-state index contributed by atoms with van der Waals surface area (Å²) < 4.78 is 5.12. The molecule has 1 saturated carbocycles. The number of nitrogens with one attached hydrogen (secondary N) is 1. The van der Waals surface area contributed by atoms with Crippen LogP contribution in [0, 0.1) is 0 Å². The SMILES string of the molecule is C[C@@H](OC(=O)c1cnc2ccccc2n1)C(=O)NC1CC1. The number of carbonyl (C=O) groups excluding carboxylic acids is 2. The highest BCUT2D eigenvalue weighted by Gasteiger charge is 2.27. The zero-order valence-corrected chi connectivity index (χ0v) is 11.6. The van der Waals surface area contributed by atoms with Gasteiger partial charge in [0, 0.05) is 6.04 Å². The van der Waals surface area contributed by atoms with Gasteiger partial charge in [0.2, 0.25) is 0 Å². The second kappa shape index (κ2) is 5.47. The fourth-order valence-corrected chi connectivity index (χ4v) is 1.88. The molecule has 0 spiro atoms. The summed E-state index contributed by atoms with van der Waals surface area (Å²) in [5, 5.41) is 2.79. The third-order valence-corrected chi connectivity index (χ3v) is 3.23. The second-order valence-corrected chi connectivity index (χ2v) is 5.07. The van der Waals surface area contributed by atoms with Crippen molar-refractivity contribution >= 4 is 22.9 Å². The lowest BCUT2D eigenvalue weighted by Gasteiger charge is -2.12. The minimum Gasteiger partial charge on any atom is -0.448 e. The Morgan fingerprint density at radius 1 is 1.29 bits per heavy atom. The largest absolute Gasteiger partial charge is 0.448 e. The molecule has 0 saturated heterocycles. The number of amides is 1. The molecule has 0 bridgehead atoms. The lowest BCUT2D eigenvalue weighted by atomic mass is 10.3. The molecule has 1 aliphatic carbocycles. The van der Waals surface area contributed by atoms with E-state index in [2.05, 4.69) is 15.3 Å². The summed E-state index contributed by atoms with van der Waals surface area (Å²) in [5.74, 6) is -0.925. The second-order valence-electron chi connectivity index (χ2n) is 5.07. The molecule has 21 heavy (non-hydrogen) atoms. The number of ether oxygens (including phenoxy) is 1. The molecule has 0 aliphatic heterocycles. The fraction of sp³-hybridized carbons (Fsp3) is 0.333. The number of para-hydroxylation sites is 2. The molecule has 6 nitrogen and oxygen atoms in total. The van der Waals surface area contributed by atoms with E-state index in [0.29, 0.717) is 11.0 Å². The van der Waals surface area contributed by atoms with Crippen LogP contribution in [0.3, 0.4) is 0 Å². The fourth-order valence-electron chi connectivity index (χ4n) is 1.88. The van der Waals surface area contributed by atoms with E-state index in [4.69, 9.17) is 4.74 Å². The Morgan fingerprint density at radius 2 is 2.00 bits per heavy atom. The number of rotatable bonds is 4. The van der Waals surface area contributed by atoms with E-state index in [1.807, 2.05) is 18.2 Å². The molecule has 1 aromatic heterocycles. The van der Waals surface area contributed by atoms with E-state index in [9.17, 15) is 9.59 Å². The molecule has 1 atom stereocenters. The van der Waals surface area contributed by atoms with E-state index >= 15 is 0 Å². The summed E-state index contributed by atoms with van der Waals surface area (Å²) in [6, 6.07) is 7.47. The van der Waals surface area contributed by atoms with Gasteiger partial charge < -0.3 is 10.1 Å². The first-order valence-corrected chi connectivity index (χ1v) is 6.86. The minimum atomic E-state index is -0.841. The molecule has 0 unspecified atom stereocenters. The van der Waals surface area contributed by atoms with Crippen molar-refractivity contribution < 1.29 is 14.3 Å². The average Bonchev–Trinajstić information content (AvgIpc) is 3.30. The monoisotopic (exact) mass is 285 g/mol. The van der Waals surface area contributed by atoms with Gasteiger partial charge in [-0.3, -0.25) is 9.78 Å². The first kappa shape index (κ1) is 13.5. The topological polar surface area (TPSA) is 81.2 Å². The van der Waals surface area contributed by atoms with Crippen LogP contribution < -0.4 is 5.32 Å². The maximum absolute atomic E-state index is 12.0. The van der Waals surface area contributed by atoms with Crippen molar-refractivity contribution in [3.05, 3.63) is 36.2 Å². The Kier molecular flexibility index (Phi) is 3.51. The number of fused-ring (bicyclic) bond motifs is 1. The standard InChI is InChI=1S/C15H15N3O3/c1-9(14(19)17-10-6-7-10)21-15(20)13-8-16-11-4-2-3-5-12(11)18-13/h2-5,8-10H,6-7H2,1H3,(H,17,19)/t9-/m1/s1. The smallest absolute Gasteiger partial charge is 0.359 e. The van der Waals surface area contributed by atoms with Crippen molar-refractivity contribution in [2.45, 2.75) is 31.9 Å². The predicted molar refractivity (Wildman–Crippen MR) is 75.6 cm³/mol. The van der Waals surface area contributed by atoms with Crippen LogP contribution in [0.2, 0.25) is 0 Å². The maximum atomic E-state index is 12.0. The molecular formula is C15H15N3O3. The van der Waals surface area contributed by atoms with Gasteiger partial charge in [0.15, 0.2) is 11.8 Å².